The van der Waals surface area contributed by atoms with Gasteiger partial charge >= 0.3 is 0 Å². The van der Waals surface area contributed by atoms with E-state index < -0.39 is 5.41 Å². The zero-order chi connectivity index (χ0) is 32.4. The van der Waals surface area contributed by atoms with Gasteiger partial charge in [0.25, 0.3) is 0 Å². The van der Waals surface area contributed by atoms with Crippen molar-refractivity contribution in [1.29, 1.82) is 5.26 Å². The smallest absolute Gasteiger partial charge is 0.186 e. The van der Waals surface area contributed by atoms with Crippen LogP contribution in [0.2, 0.25) is 0 Å². The molecule has 1 aliphatic heterocycles. The van der Waals surface area contributed by atoms with Gasteiger partial charge in [0.2, 0.25) is 0 Å². The highest BCUT2D eigenvalue weighted by molar-refractivity contribution is 7.16. The Hall–Kier alpha value is -4.54. The molecule has 0 aromatic carbocycles. The molecule has 0 bridgehead atoms. The number of hydrogen-bond acceptors (Lipinski definition) is 12. The lowest BCUT2D eigenvalue weighted by Gasteiger charge is -2.39. The number of aryl methyl sites for hydroxylation is 1. The summed E-state index contributed by atoms with van der Waals surface area (Å²) < 4.78 is 8.36. The summed E-state index contributed by atoms with van der Waals surface area (Å²) in [5.74, 6) is 2.44. The van der Waals surface area contributed by atoms with Gasteiger partial charge in [0.15, 0.2) is 22.9 Å². The number of nitrogen functional groups attached to an aromatic ring is 2. The monoisotopic (exact) mass is 649 g/mol. The Morgan fingerprint density at radius 1 is 1.13 bits per heavy atom. The highest BCUT2D eigenvalue weighted by Crippen LogP contribution is 2.55. The maximum atomic E-state index is 10.1. The Balaban J connectivity index is 1.27. The van der Waals surface area contributed by atoms with E-state index in [-0.39, 0.29) is 12.1 Å². The number of anilines is 3. The minimum absolute atomic E-state index is 0.104. The van der Waals surface area contributed by atoms with E-state index in [9.17, 15) is 5.26 Å². The molecule has 12 nitrogen and oxygen atoms in total. The summed E-state index contributed by atoms with van der Waals surface area (Å²) in [5, 5.41) is 24.7. The van der Waals surface area contributed by atoms with Crippen LogP contribution < -0.4 is 16.8 Å². The van der Waals surface area contributed by atoms with E-state index in [0.717, 1.165) is 85.1 Å². The molecule has 13 heteroatoms. The molecule has 3 aliphatic rings. The maximum absolute atomic E-state index is 10.1. The molecule has 1 fully saturated rings. The molecule has 1 spiro atoms. The van der Waals surface area contributed by atoms with Crippen LogP contribution in [0.15, 0.2) is 28.9 Å². The van der Waals surface area contributed by atoms with Crippen molar-refractivity contribution in [1.82, 2.24) is 34.8 Å². The number of aromatic nitrogens is 6. The van der Waals surface area contributed by atoms with Crippen LogP contribution in [-0.4, -0.2) is 54.4 Å². The highest BCUT2D eigenvalue weighted by atomic mass is 32.1. The third kappa shape index (κ3) is 4.68. The highest BCUT2D eigenvalue weighted by Gasteiger charge is 2.49. The number of thiophene rings is 1. The first-order valence-corrected chi connectivity index (χ1v) is 17.4. The van der Waals surface area contributed by atoms with Crippen LogP contribution in [0.3, 0.4) is 0 Å². The first kappa shape index (κ1) is 29.8. The largest absolute Gasteiger partial charge is 0.389 e. The van der Waals surface area contributed by atoms with Gasteiger partial charge in [-0.15, -0.1) is 11.3 Å². The molecular formula is C34H39N11OS. The molecule has 5 aromatic rings. The normalized spacial score (nSPS) is 22.2. The van der Waals surface area contributed by atoms with Gasteiger partial charge in [-0.3, -0.25) is 0 Å². The predicted molar refractivity (Wildman–Crippen MR) is 182 cm³/mol. The number of nitrogens with one attached hydrogen (secondary N) is 1. The molecule has 5 N–H and O–H groups in total. The van der Waals surface area contributed by atoms with Crippen LogP contribution in [0.1, 0.15) is 97.5 Å². The van der Waals surface area contributed by atoms with Gasteiger partial charge in [-0.1, -0.05) is 11.2 Å². The molecular weight excluding hydrogens is 611 g/mol. The standard InChI is InChI=1S/C34H39N11OS/c1-18(23-9-4-12-26(36)40-23)39-31-22-17-38-45(19(2)24-10-7-15-44(24)3)33(22)42-32(41-31)28-20-8-5-13-34(29(20)46-43-28)14-6-11-25-27(34)21(16-35)30(37)47-25/h4,9,12,17-19,24H,5-8,10-11,13-15,37H2,1-3H3,(H2,36,40)(H,39,41,42). The van der Waals surface area contributed by atoms with Crippen molar-refractivity contribution in [2.45, 2.75) is 88.8 Å². The van der Waals surface area contributed by atoms with Gasteiger partial charge in [-0.25, -0.2) is 19.6 Å². The quantitative estimate of drug-likeness (QED) is 0.204. The number of nitrogens with two attached hydrogens (primary N) is 2. The fourth-order valence-corrected chi connectivity index (χ4v) is 9.52. The Kier molecular flexibility index (Phi) is 7.18. The number of hydrogen-bond donors (Lipinski definition) is 3. The third-order valence-corrected chi connectivity index (χ3v) is 11.7. The number of fused-ring (bicyclic) bond motifs is 5. The van der Waals surface area contributed by atoms with Crippen LogP contribution >= 0.6 is 11.3 Å². The number of likely N-dealkylation sites (N-methyl/N-ethyl adjacent to an activating group) is 1. The van der Waals surface area contributed by atoms with E-state index in [1.807, 2.05) is 29.9 Å². The molecule has 6 heterocycles. The summed E-state index contributed by atoms with van der Waals surface area (Å²) in [6.07, 6.45) is 9.58. The van der Waals surface area contributed by atoms with E-state index in [1.165, 1.54) is 11.3 Å². The number of nitriles is 1. The molecule has 47 heavy (non-hydrogen) atoms. The minimum Gasteiger partial charge on any atom is -0.389 e. The minimum atomic E-state index is -0.423. The van der Waals surface area contributed by atoms with Gasteiger partial charge in [0.1, 0.15) is 22.7 Å². The van der Waals surface area contributed by atoms with Gasteiger partial charge in [0.05, 0.1) is 40.3 Å². The van der Waals surface area contributed by atoms with Gasteiger partial charge in [-0.2, -0.15) is 10.4 Å². The molecule has 1 saturated heterocycles. The first-order valence-electron chi connectivity index (χ1n) is 16.5. The van der Waals surface area contributed by atoms with Crippen molar-refractivity contribution >= 4 is 39.0 Å². The number of likely N-dealkylation sites (tertiary alicyclic amines) is 1. The second-order valence-electron chi connectivity index (χ2n) is 13.4. The average molecular weight is 650 g/mol. The Bertz CT molecular complexity index is 2040. The Morgan fingerprint density at radius 3 is 2.72 bits per heavy atom. The second-order valence-corrected chi connectivity index (χ2v) is 14.5. The van der Waals surface area contributed by atoms with Crippen LogP contribution in [0.5, 0.6) is 0 Å². The SMILES string of the molecule is CC(Nc1nc(-c2noc3c2CCCC32CCCc3sc(N)c(C#N)c32)nc2c1cnn2C(C)C1CCCN1C)c1cccc(N)n1. The van der Waals surface area contributed by atoms with Crippen LogP contribution in [0.4, 0.5) is 16.6 Å². The first-order chi connectivity index (χ1) is 22.8. The maximum Gasteiger partial charge on any atom is 0.186 e. The van der Waals surface area contributed by atoms with Gasteiger partial charge < -0.3 is 26.2 Å². The lowest BCUT2D eigenvalue weighted by molar-refractivity contribution is 0.232. The fraction of sp³-hybridized carbons (Fsp3) is 0.471. The van der Waals surface area contributed by atoms with Crippen molar-refractivity contribution in [2.24, 2.45) is 0 Å². The van der Waals surface area contributed by atoms with E-state index in [0.29, 0.717) is 39.8 Å². The van der Waals surface area contributed by atoms with Crippen molar-refractivity contribution in [3.63, 3.8) is 0 Å². The predicted octanol–water partition coefficient (Wildman–Crippen LogP) is 5.76. The summed E-state index contributed by atoms with van der Waals surface area (Å²) in [7, 11) is 2.18. The van der Waals surface area contributed by atoms with Gasteiger partial charge in [-0.05, 0) is 96.5 Å². The zero-order valence-corrected chi connectivity index (χ0v) is 27.8. The lowest BCUT2D eigenvalue weighted by atomic mass is 9.63. The van der Waals surface area contributed by atoms with Crippen LogP contribution in [0.25, 0.3) is 22.6 Å². The second kappa shape index (κ2) is 11.3. The van der Waals surface area contributed by atoms with Crippen molar-refractivity contribution in [2.75, 3.05) is 30.4 Å². The van der Waals surface area contributed by atoms with Crippen LogP contribution in [-0.2, 0) is 18.3 Å². The molecule has 4 atom stereocenters. The summed E-state index contributed by atoms with van der Waals surface area (Å²) in [5.41, 5.74) is 16.8. The zero-order valence-electron chi connectivity index (χ0n) is 27.0. The van der Waals surface area contributed by atoms with E-state index in [2.05, 4.69) is 35.2 Å². The summed E-state index contributed by atoms with van der Waals surface area (Å²) in [6, 6.07) is 8.32. The van der Waals surface area contributed by atoms with Gasteiger partial charge in [0, 0.05) is 16.5 Å². The molecule has 0 radical (unpaired) electrons. The average Bonchev–Trinajstić information content (AvgIpc) is 3.86. The number of rotatable bonds is 6. The van der Waals surface area contributed by atoms with Crippen LogP contribution in [0, 0.1) is 11.3 Å². The fourth-order valence-electron chi connectivity index (χ4n) is 8.35. The van der Waals surface area contributed by atoms with Crippen molar-refractivity contribution in [3.05, 3.63) is 57.4 Å². The summed E-state index contributed by atoms with van der Waals surface area (Å²) in [4.78, 5) is 18.4. The van der Waals surface area contributed by atoms with E-state index in [1.54, 1.807) is 17.4 Å². The van der Waals surface area contributed by atoms with Crippen molar-refractivity contribution in [3.8, 4) is 17.6 Å². The molecule has 5 aromatic heterocycles. The summed E-state index contributed by atoms with van der Waals surface area (Å²) >= 11 is 1.54. The Morgan fingerprint density at radius 2 is 1.96 bits per heavy atom. The molecule has 242 valence electrons. The molecule has 0 amide bonds. The molecule has 8 rings (SSSR count). The number of pyridine rings is 1. The number of nitrogens with zero attached hydrogens (tertiary/aromatic N) is 8. The molecule has 0 saturated carbocycles. The topological polar surface area (TPSA) is 174 Å². The third-order valence-electron chi connectivity index (χ3n) is 10.6. The summed E-state index contributed by atoms with van der Waals surface area (Å²) in [6.45, 7) is 5.33. The van der Waals surface area contributed by atoms with Crippen molar-refractivity contribution < 1.29 is 4.52 Å². The lowest BCUT2D eigenvalue weighted by Crippen LogP contribution is -2.35. The van der Waals surface area contributed by atoms with E-state index >= 15 is 0 Å². The molecule has 4 unspecified atom stereocenters. The van der Waals surface area contributed by atoms with E-state index in [4.69, 9.17) is 36.2 Å². The molecule has 2 aliphatic carbocycles. The Labute approximate surface area is 277 Å².